The number of carbonyl (C=O) groups is 1. The maximum absolute atomic E-state index is 11.4. The molecule has 5 heteroatoms. The van der Waals surface area contributed by atoms with E-state index in [9.17, 15) is 4.79 Å². The summed E-state index contributed by atoms with van der Waals surface area (Å²) in [5.74, 6) is -0.417. The zero-order valence-corrected chi connectivity index (χ0v) is 10.2. The van der Waals surface area contributed by atoms with Gasteiger partial charge in [-0.3, -0.25) is 4.79 Å². The Morgan fingerprint density at radius 2 is 1.74 bits per heavy atom. The topological polar surface area (TPSA) is 73.8 Å². The second-order valence-corrected chi connectivity index (χ2v) is 4.24. The minimum atomic E-state index is -0.417. The first-order valence-corrected chi connectivity index (χ1v) is 5.90. The first kappa shape index (κ1) is 11.4. The maximum Gasteiger partial charge on any atom is 0.249 e. The Labute approximate surface area is 109 Å². The van der Waals surface area contributed by atoms with Crippen molar-refractivity contribution in [3.05, 3.63) is 59.9 Å². The average Bonchev–Trinajstić information content (AvgIpc) is 2.91. The van der Waals surface area contributed by atoms with Gasteiger partial charge in [0.15, 0.2) is 0 Å². The Bertz CT molecular complexity index is 734. The third-order valence-corrected chi connectivity index (χ3v) is 3.06. The quantitative estimate of drug-likeness (QED) is 0.769. The number of fused-ring (bicyclic) bond motifs is 1. The molecule has 0 atom stereocenters. The molecule has 0 spiro atoms. The highest BCUT2D eigenvalue weighted by Gasteiger charge is 2.10. The molecule has 2 N–H and O–H groups in total. The second kappa shape index (κ2) is 4.53. The zero-order valence-electron chi connectivity index (χ0n) is 10.2. The molecule has 0 aliphatic carbocycles. The number of nitrogens with two attached hydrogens (primary N) is 1. The standard InChI is InChI=1S/C14H12N4O/c15-14(19)13-6-5-10(9-18-16-7-8-17-18)11-3-1-2-4-12(11)13/h1-8H,9H2,(H2,15,19). The van der Waals surface area contributed by atoms with Crippen LogP contribution in [0.4, 0.5) is 0 Å². The summed E-state index contributed by atoms with van der Waals surface area (Å²) in [4.78, 5) is 13.0. The van der Waals surface area contributed by atoms with Crippen LogP contribution in [0.2, 0.25) is 0 Å². The average molecular weight is 252 g/mol. The number of benzene rings is 2. The van der Waals surface area contributed by atoms with Crippen molar-refractivity contribution < 1.29 is 4.79 Å². The van der Waals surface area contributed by atoms with E-state index in [1.165, 1.54) is 0 Å². The summed E-state index contributed by atoms with van der Waals surface area (Å²) in [6, 6.07) is 11.4. The van der Waals surface area contributed by atoms with Crippen molar-refractivity contribution in [2.45, 2.75) is 6.54 Å². The fourth-order valence-electron chi connectivity index (χ4n) is 2.19. The zero-order chi connectivity index (χ0) is 13.2. The summed E-state index contributed by atoms with van der Waals surface area (Å²) in [6.07, 6.45) is 3.28. The van der Waals surface area contributed by atoms with E-state index < -0.39 is 5.91 Å². The Hall–Kier alpha value is -2.69. The monoisotopic (exact) mass is 252 g/mol. The van der Waals surface area contributed by atoms with Crippen LogP contribution in [-0.2, 0) is 6.54 Å². The molecule has 0 bridgehead atoms. The van der Waals surface area contributed by atoms with Crippen LogP contribution in [0.1, 0.15) is 15.9 Å². The Morgan fingerprint density at radius 3 is 2.42 bits per heavy atom. The van der Waals surface area contributed by atoms with Crippen LogP contribution >= 0.6 is 0 Å². The Balaban J connectivity index is 2.16. The number of hydrogen-bond donors (Lipinski definition) is 1. The van der Waals surface area contributed by atoms with Crippen LogP contribution in [-0.4, -0.2) is 20.9 Å². The summed E-state index contributed by atoms with van der Waals surface area (Å²) in [5, 5.41) is 10.0. The fourth-order valence-corrected chi connectivity index (χ4v) is 2.19. The van der Waals surface area contributed by atoms with E-state index in [1.807, 2.05) is 30.3 Å². The third kappa shape index (κ3) is 2.06. The van der Waals surface area contributed by atoms with Gasteiger partial charge in [-0.15, -0.1) is 0 Å². The molecule has 0 unspecified atom stereocenters. The summed E-state index contributed by atoms with van der Waals surface area (Å²) >= 11 is 0. The minimum absolute atomic E-state index is 0.417. The Morgan fingerprint density at radius 1 is 1.05 bits per heavy atom. The van der Waals surface area contributed by atoms with E-state index in [0.29, 0.717) is 12.1 Å². The summed E-state index contributed by atoms with van der Waals surface area (Å²) < 4.78 is 0. The largest absolute Gasteiger partial charge is 0.366 e. The molecule has 0 radical (unpaired) electrons. The van der Waals surface area contributed by atoms with Crippen molar-refractivity contribution >= 4 is 16.7 Å². The van der Waals surface area contributed by atoms with E-state index in [-0.39, 0.29) is 0 Å². The third-order valence-electron chi connectivity index (χ3n) is 3.06. The van der Waals surface area contributed by atoms with Crippen molar-refractivity contribution in [3.8, 4) is 0 Å². The highest BCUT2D eigenvalue weighted by atomic mass is 16.1. The lowest BCUT2D eigenvalue weighted by atomic mass is 9.99. The van der Waals surface area contributed by atoms with Crippen LogP contribution < -0.4 is 5.73 Å². The lowest BCUT2D eigenvalue weighted by Crippen LogP contribution is -2.12. The summed E-state index contributed by atoms with van der Waals surface area (Å²) in [6.45, 7) is 0.562. The van der Waals surface area contributed by atoms with Gasteiger partial charge in [-0.05, 0) is 22.4 Å². The number of hydrogen-bond acceptors (Lipinski definition) is 3. The van der Waals surface area contributed by atoms with E-state index in [4.69, 9.17) is 5.73 Å². The predicted molar refractivity (Wildman–Crippen MR) is 71.6 cm³/mol. The predicted octanol–water partition coefficient (Wildman–Crippen LogP) is 1.58. The molecular formula is C14H12N4O. The molecule has 0 aliphatic heterocycles. The normalized spacial score (nSPS) is 10.7. The number of aromatic nitrogens is 3. The lowest BCUT2D eigenvalue weighted by molar-refractivity contribution is 0.100. The molecule has 2 aromatic carbocycles. The Kier molecular flexibility index (Phi) is 2.72. The molecule has 0 fully saturated rings. The van der Waals surface area contributed by atoms with Crippen LogP contribution in [0.25, 0.3) is 10.8 Å². The van der Waals surface area contributed by atoms with Gasteiger partial charge < -0.3 is 5.73 Å². The fraction of sp³-hybridized carbons (Fsp3) is 0.0714. The lowest BCUT2D eigenvalue weighted by Gasteiger charge is -2.09. The molecule has 1 amide bonds. The minimum Gasteiger partial charge on any atom is -0.366 e. The molecule has 19 heavy (non-hydrogen) atoms. The molecule has 1 aromatic heterocycles. The van der Waals surface area contributed by atoms with Gasteiger partial charge in [0, 0.05) is 5.56 Å². The number of carbonyl (C=O) groups excluding carboxylic acids is 1. The van der Waals surface area contributed by atoms with E-state index >= 15 is 0 Å². The van der Waals surface area contributed by atoms with Gasteiger partial charge in [-0.25, -0.2) is 0 Å². The molecule has 3 aromatic rings. The number of amides is 1. The van der Waals surface area contributed by atoms with Crippen molar-refractivity contribution in [2.75, 3.05) is 0 Å². The van der Waals surface area contributed by atoms with Crippen molar-refractivity contribution in [2.24, 2.45) is 5.73 Å². The van der Waals surface area contributed by atoms with Crippen LogP contribution in [0.5, 0.6) is 0 Å². The van der Waals surface area contributed by atoms with Gasteiger partial charge in [0.05, 0.1) is 18.9 Å². The molecule has 94 valence electrons. The smallest absolute Gasteiger partial charge is 0.249 e. The number of nitrogens with zero attached hydrogens (tertiary/aromatic N) is 3. The number of rotatable bonds is 3. The van der Waals surface area contributed by atoms with Gasteiger partial charge in [0.2, 0.25) is 5.91 Å². The van der Waals surface area contributed by atoms with Crippen LogP contribution in [0.15, 0.2) is 48.8 Å². The van der Waals surface area contributed by atoms with Crippen LogP contribution in [0, 0.1) is 0 Å². The van der Waals surface area contributed by atoms with Crippen molar-refractivity contribution in [1.82, 2.24) is 15.0 Å². The molecule has 5 nitrogen and oxygen atoms in total. The molecule has 0 aliphatic rings. The van der Waals surface area contributed by atoms with Gasteiger partial charge in [-0.1, -0.05) is 30.3 Å². The van der Waals surface area contributed by atoms with Crippen LogP contribution in [0.3, 0.4) is 0 Å². The molecular weight excluding hydrogens is 240 g/mol. The summed E-state index contributed by atoms with van der Waals surface area (Å²) in [5.41, 5.74) is 6.98. The van der Waals surface area contributed by atoms with Gasteiger partial charge in [0.1, 0.15) is 0 Å². The van der Waals surface area contributed by atoms with E-state index in [1.54, 1.807) is 23.3 Å². The van der Waals surface area contributed by atoms with Crippen molar-refractivity contribution in [3.63, 3.8) is 0 Å². The van der Waals surface area contributed by atoms with Gasteiger partial charge in [0.25, 0.3) is 0 Å². The molecule has 0 saturated carbocycles. The van der Waals surface area contributed by atoms with Crippen molar-refractivity contribution in [1.29, 1.82) is 0 Å². The number of primary amides is 1. The second-order valence-electron chi connectivity index (χ2n) is 4.24. The first-order chi connectivity index (χ1) is 9.25. The summed E-state index contributed by atoms with van der Waals surface area (Å²) in [7, 11) is 0. The highest BCUT2D eigenvalue weighted by Crippen LogP contribution is 2.23. The molecule has 3 rings (SSSR count). The van der Waals surface area contributed by atoms with Gasteiger partial charge >= 0.3 is 0 Å². The first-order valence-electron chi connectivity index (χ1n) is 5.90. The molecule has 0 saturated heterocycles. The molecule has 1 heterocycles. The van der Waals surface area contributed by atoms with Gasteiger partial charge in [-0.2, -0.15) is 15.0 Å². The SMILES string of the molecule is NC(=O)c1ccc(Cn2nccn2)c2ccccc12. The maximum atomic E-state index is 11.4. The van der Waals surface area contributed by atoms with E-state index in [2.05, 4.69) is 10.2 Å². The van der Waals surface area contributed by atoms with E-state index in [0.717, 1.165) is 16.3 Å². The highest BCUT2D eigenvalue weighted by molar-refractivity contribution is 6.07.